The van der Waals surface area contributed by atoms with Gasteiger partial charge in [0.1, 0.15) is 12.4 Å². The lowest BCUT2D eigenvalue weighted by Gasteiger charge is -2.19. The van der Waals surface area contributed by atoms with Crippen molar-refractivity contribution >= 4 is 23.6 Å². The van der Waals surface area contributed by atoms with E-state index in [9.17, 15) is 9.59 Å². The lowest BCUT2D eigenvalue weighted by Crippen LogP contribution is -2.30. The van der Waals surface area contributed by atoms with Crippen molar-refractivity contribution in [2.75, 3.05) is 25.0 Å². The summed E-state index contributed by atoms with van der Waals surface area (Å²) in [5, 5.41) is 2.85. The van der Waals surface area contributed by atoms with E-state index in [0.29, 0.717) is 29.9 Å². The van der Waals surface area contributed by atoms with E-state index in [1.807, 2.05) is 44.2 Å². The number of nitrogens with one attached hydrogen (secondary N) is 1. The molecule has 2 aromatic rings. The fourth-order valence-electron chi connectivity index (χ4n) is 2.85. The molecule has 1 aliphatic rings. The zero-order valence-corrected chi connectivity index (χ0v) is 15.0. The van der Waals surface area contributed by atoms with E-state index >= 15 is 0 Å². The minimum atomic E-state index is -0.206. The molecule has 1 heterocycles. The van der Waals surface area contributed by atoms with Gasteiger partial charge in [0.15, 0.2) is 0 Å². The van der Waals surface area contributed by atoms with Crippen molar-refractivity contribution in [2.24, 2.45) is 0 Å². The van der Waals surface area contributed by atoms with Crippen LogP contribution in [0.1, 0.15) is 29.8 Å². The molecule has 0 aromatic heterocycles. The molecule has 3 rings (SSSR count). The van der Waals surface area contributed by atoms with Gasteiger partial charge in [-0.3, -0.25) is 9.59 Å². The molecule has 0 atom stereocenters. The summed E-state index contributed by atoms with van der Waals surface area (Å²) < 4.78 is 5.62. The molecule has 5 nitrogen and oxygen atoms in total. The standard InChI is InChI=1S/C21H22N2O3/c1-3-23(4-2)21(25)15-9-11-18(12-10-15)22-20(24)17-13-16-7-5-6-8-19(16)26-14-17/h5-13H,3-4,14H2,1-2H3,(H,22,24). The number of hydrogen-bond donors (Lipinski definition) is 1. The maximum Gasteiger partial charge on any atom is 0.255 e. The van der Waals surface area contributed by atoms with Crippen LogP contribution >= 0.6 is 0 Å². The molecule has 1 aliphatic heterocycles. The van der Waals surface area contributed by atoms with E-state index in [2.05, 4.69) is 5.32 Å². The highest BCUT2D eigenvalue weighted by molar-refractivity contribution is 6.07. The molecule has 0 spiro atoms. The van der Waals surface area contributed by atoms with Gasteiger partial charge in [-0.05, 0) is 50.3 Å². The monoisotopic (exact) mass is 350 g/mol. The molecule has 0 aliphatic carbocycles. The van der Waals surface area contributed by atoms with Crippen LogP contribution in [0.3, 0.4) is 0 Å². The first kappa shape index (κ1) is 17.7. The van der Waals surface area contributed by atoms with Crippen LogP contribution in [0.25, 0.3) is 6.08 Å². The third-order valence-electron chi connectivity index (χ3n) is 4.36. The van der Waals surface area contributed by atoms with E-state index < -0.39 is 0 Å². The summed E-state index contributed by atoms with van der Waals surface area (Å²) in [6.45, 7) is 5.48. The van der Waals surface area contributed by atoms with Crippen LogP contribution in [0.2, 0.25) is 0 Å². The SMILES string of the molecule is CCN(CC)C(=O)c1ccc(NC(=O)C2=Cc3ccccc3OC2)cc1. The summed E-state index contributed by atoms with van der Waals surface area (Å²) in [5.74, 6) is 0.568. The smallest absolute Gasteiger partial charge is 0.255 e. The Balaban J connectivity index is 1.69. The average Bonchev–Trinajstić information content (AvgIpc) is 2.69. The van der Waals surface area contributed by atoms with Gasteiger partial charge in [-0.25, -0.2) is 0 Å². The maximum atomic E-state index is 12.5. The number of fused-ring (bicyclic) bond motifs is 1. The summed E-state index contributed by atoms with van der Waals surface area (Å²) in [4.78, 5) is 26.5. The number of carbonyl (C=O) groups is 2. The predicted molar refractivity (Wildman–Crippen MR) is 102 cm³/mol. The largest absolute Gasteiger partial charge is 0.488 e. The number of carbonyl (C=O) groups excluding carboxylic acids is 2. The minimum absolute atomic E-state index is 0.00660. The summed E-state index contributed by atoms with van der Waals surface area (Å²) in [5.41, 5.74) is 2.71. The van der Waals surface area contributed by atoms with Crippen LogP contribution in [-0.4, -0.2) is 36.4 Å². The van der Waals surface area contributed by atoms with Crippen LogP contribution in [0, 0.1) is 0 Å². The number of anilines is 1. The first-order valence-corrected chi connectivity index (χ1v) is 8.75. The van der Waals surface area contributed by atoms with Crippen LogP contribution in [0.15, 0.2) is 54.1 Å². The topological polar surface area (TPSA) is 58.6 Å². The molecule has 0 unspecified atom stereocenters. The molecule has 0 bridgehead atoms. The second-order valence-electron chi connectivity index (χ2n) is 6.00. The number of benzene rings is 2. The second kappa shape index (κ2) is 7.87. The van der Waals surface area contributed by atoms with Gasteiger partial charge in [-0.2, -0.15) is 0 Å². The Hall–Kier alpha value is -3.08. The quantitative estimate of drug-likeness (QED) is 0.897. The first-order chi connectivity index (χ1) is 12.6. The van der Waals surface area contributed by atoms with Crippen LogP contribution in [0.5, 0.6) is 5.75 Å². The van der Waals surface area contributed by atoms with Crippen LogP contribution < -0.4 is 10.1 Å². The predicted octanol–water partition coefficient (Wildman–Crippen LogP) is 3.58. The van der Waals surface area contributed by atoms with Crippen molar-refractivity contribution in [1.29, 1.82) is 0 Å². The van der Waals surface area contributed by atoms with Crippen molar-refractivity contribution in [2.45, 2.75) is 13.8 Å². The van der Waals surface area contributed by atoms with Crippen molar-refractivity contribution in [3.63, 3.8) is 0 Å². The van der Waals surface area contributed by atoms with Crippen LogP contribution in [-0.2, 0) is 4.79 Å². The second-order valence-corrected chi connectivity index (χ2v) is 6.00. The van der Waals surface area contributed by atoms with Gasteiger partial charge in [-0.15, -0.1) is 0 Å². The van der Waals surface area contributed by atoms with Gasteiger partial charge < -0.3 is 15.0 Å². The molecule has 2 amide bonds. The average molecular weight is 350 g/mol. The van der Waals surface area contributed by atoms with E-state index in [1.54, 1.807) is 29.2 Å². The minimum Gasteiger partial charge on any atom is -0.488 e. The molecule has 0 fully saturated rings. The molecule has 134 valence electrons. The van der Waals surface area contributed by atoms with E-state index in [1.165, 1.54) is 0 Å². The number of amides is 2. The molecule has 1 N–H and O–H groups in total. The summed E-state index contributed by atoms with van der Waals surface area (Å²) in [6.07, 6.45) is 1.84. The number of rotatable bonds is 5. The van der Waals surface area contributed by atoms with E-state index in [0.717, 1.165) is 11.3 Å². The molecular weight excluding hydrogens is 328 g/mol. The molecule has 5 heteroatoms. The van der Waals surface area contributed by atoms with Gasteiger partial charge in [0, 0.05) is 29.9 Å². The molecule has 0 saturated heterocycles. The third-order valence-corrected chi connectivity index (χ3v) is 4.36. The van der Waals surface area contributed by atoms with E-state index in [-0.39, 0.29) is 18.4 Å². The Kier molecular flexibility index (Phi) is 5.37. The highest BCUT2D eigenvalue weighted by atomic mass is 16.5. The number of para-hydroxylation sites is 1. The zero-order valence-electron chi connectivity index (χ0n) is 15.0. The van der Waals surface area contributed by atoms with Crippen molar-refractivity contribution < 1.29 is 14.3 Å². The van der Waals surface area contributed by atoms with Gasteiger partial charge in [-0.1, -0.05) is 18.2 Å². The molecule has 26 heavy (non-hydrogen) atoms. The lowest BCUT2D eigenvalue weighted by molar-refractivity contribution is -0.113. The number of ether oxygens (including phenoxy) is 1. The van der Waals surface area contributed by atoms with Crippen molar-refractivity contribution in [3.05, 3.63) is 65.2 Å². The Morgan fingerprint density at radius 2 is 1.73 bits per heavy atom. The van der Waals surface area contributed by atoms with Gasteiger partial charge in [0.2, 0.25) is 0 Å². The van der Waals surface area contributed by atoms with Crippen molar-refractivity contribution in [3.8, 4) is 5.75 Å². The summed E-state index contributed by atoms with van der Waals surface area (Å²) >= 11 is 0. The summed E-state index contributed by atoms with van der Waals surface area (Å²) in [6, 6.07) is 14.6. The molecular formula is C21H22N2O3. The molecule has 0 saturated carbocycles. The zero-order chi connectivity index (χ0) is 18.5. The summed E-state index contributed by atoms with van der Waals surface area (Å²) in [7, 11) is 0. The Bertz CT molecular complexity index is 837. The fraction of sp³-hybridized carbons (Fsp3) is 0.238. The third kappa shape index (κ3) is 3.77. The number of nitrogens with zero attached hydrogens (tertiary/aromatic N) is 1. The Morgan fingerprint density at radius 3 is 2.42 bits per heavy atom. The van der Waals surface area contributed by atoms with Crippen LogP contribution in [0.4, 0.5) is 5.69 Å². The highest BCUT2D eigenvalue weighted by Crippen LogP contribution is 2.26. The van der Waals surface area contributed by atoms with Gasteiger partial charge in [0.05, 0.1) is 5.57 Å². The van der Waals surface area contributed by atoms with Crippen molar-refractivity contribution in [1.82, 2.24) is 4.90 Å². The van der Waals surface area contributed by atoms with E-state index in [4.69, 9.17) is 4.74 Å². The lowest BCUT2D eigenvalue weighted by atomic mass is 10.1. The first-order valence-electron chi connectivity index (χ1n) is 8.75. The fourth-order valence-corrected chi connectivity index (χ4v) is 2.85. The maximum absolute atomic E-state index is 12.5. The Morgan fingerprint density at radius 1 is 1.04 bits per heavy atom. The normalized spacial score (nSPS) is 12.5. The molecule has 0 radical (unpaired) electrons. The van der Waals surface area contributed by atoms with Gasteiger partial charge >= 0.3 is 0 Å². The number of hydrogen-bond acceptors (Lipinski definition) is 3. The Labute approximate surface area is 153 Å². The highest BCUT2D eigenvalue weighted by Gasteiger charge is 2.17. The van der Waals surface area contributed by atoms with Gasteiger partial charge in [0.25, 0.3) is 11.8 Å². The molecule has 2 aromatic carbocycles.